The highest BCUT2D eigenvalue weighted by Crippen LogP contribution is 2.37. The lowest BCUT2D eigenvalue weighted by molar-refractivity contribution is -0.114. The van der Waals surface area contributed by atoms with Gasteiger partial charge in [0.25, 0.3) is 0 Å². The van der Waals surface area contributed by atoms with Crippen LogP contribution in [0.4, 0.5) is 22.0 Å². The van der Waals surface area contributed by atoms with Crippen LogP contribution in [0.1, 0.15) is 45.9 Å². The van der Waals surface area contributed by atoms with Crippen LogP contribution in [-0.4, -0.2) is 61.2 Å². The second-order valence-electron chi connectivity index (χ2n) is 11.5. The third kappa shape index (κ3) is 7.95. The lowest BCUT2D eigenvalue weighted by Gasteiger charge is -2.18. The van der Waals surface area contributed by atoms with Crippen LogP contribution in [0, 0.1) is 0 Å². The molecule has 2 heterocycles. The van der Waals surface area contributed by atoms with Gasteiger partial charge in [0.2, 0.25) is 5.91 Å². The number of aromatic nitrogens is 3. The minimum absolute atomic E-state index is 0.204. The maximum Gasteiger partial charge on any atom is 0.324 e. The molecule has 0 atom stereocenters. The summed E-state index contributed by atoms with van der Waals surface area (Å²) in [5, 5.41) is 16.1. The predicted molar refractivity (Wildman–Crippen MR) is 178 cm³/mol. The van der Waals surface area contributed by atoms with Gasteiger partial charge in [0.1, 0.15) is 23.9 Å². The Hall–Kier alpha value is -4.55. The molecule has 0 unspecified atom stereocenters. The average molecular weight is 638 g/mol. The number of ether oxygens (including phenoxy) is 3. The molecule has 3 N–H and O–H groups in total. The molecule has 13 heteroatoms. The quantitative estimate of drug-likeness (QED) is 0.158. The average Bonchev–Trinajstić information content (AvgIpc) is 3.34. The Bertz CT molecular complexity index is 1700. The van der Waals surface area contributed by atoms with E-state index in [9.17, 15) is 9.59 Å². The Labute approximate surface area is 268 Å². The van der Waals surface area contributed by atoms with Crippen LogP contribution in [-0.2, 0) is 21.4 Å². The predicted octanol–water partition coefficient (Wildman–Crippen LogP) is 6.56. The van der Waals surface area contributed by atoms with Gasteiger partial charge in [-0.25, -0.2) is 4.79 Å². The Kier molecular flexibility index (Phi) is 10.4. The van der Waals surface area contributed by atoms with Crippen molar-refractivity contribution in [2.45, 2.75) is 46.5 Å². The Morgan fingerprint density at radius 1 is 1.00 bits per heavy atom. The minimum Gasteiger partial charge on any atom is -0.489 e. The number of fused-ring (bicyclic) bond motifs is 1. The van der Waals surface area contributed by atoms with E-state index in [2.05, 4.69) is 41.7 Å². The molecule has 12 nitrogen and oxygen atoms in total. The first-order valence-electron chi connectivity index (χ1n) is 14.5. The number of hydrogen-bond acceptors (Lipinski definition) is 8. The summed E-state index contributed by atoms with van der Waals surface area (Å²) in [4.78, 5) is 31.2. The number of anilines is 3. The zero-order chi connectivity index (χ0) is 32.9. The second kappa shape index (κ2) is 14.0. The second-order valence-corrected chi connectivity index (χ2v) is 11.9. The maximum absolute atomic E-state index is 13.2. The number of carbonyl (C=O) groups excluding carboxylic acids is 2. The highest BCUT2D eigenvalue weighted by Gasteiger charge is 2.27. The molecule has 0 aliphatic rings. The molecule has 4 rings (SSSR count). The summed E-state index contributed by atoms with van der Waals surface area (Å²) in [6, 6.07) is 9.71. The van der Waals surface area contributed by atoms with Gasteiger partial charge >= 0.3 is 6.03 Å². The smallest absolute Gasteiger partial charge is 0.324 e. The summed E-state index contributed by atoms with van der Waals surface area (Å²) < 4.78 is 17.1. The van der Waals surface area contributed by atoms with Crippen LogP contribution in [0.25, 0.3) is 10.9 Å². The Balaban J connectivity index is 1.56. The minimum atomic E-state index is -0.460. The van der Waals surface area contributed by atoms with Crippen LogP contribution >= 0.6 is 11.6 Å². The van der Waals surface area contributed by atoms with Crippen molar-refractivity contribution in [1.29, 1.82) is 0 Å². The van der Waals surface area contributed by atoms with Crippen LogP contribution in [0.15, 0.2) is 42.6 Å². The van der Waals surface area contributed by atoms with E-state index in [1.54, 1.807) is 59.5 Å². The molecule has 4 aromatic rings. The van der Waals surface area contributed by atoms with Crippen LogP contribution in [0.3, 0.4) is 0 Å². The first-order valence-corrected chi connectivity index (χ1v) is 14.9. The van der Waals surface area contributed by atoms with Crippen molar-refractivity contribution in [3.63, 3.8) is 0 Å². The molecule has 0 spiro atoms. The molecular weight excluding hydrogens is 598 g/mol. The fraction of sp³-hybridized carbons (Fsp3) is 0.375. The van der Waals surface area contributed by atoms with E-state index in [1.165, 1.54) is 6.92 Å². The lowest BCUT2D eigenvalue weighted by Crippen LogP contribution is -2.31. The van der Waals surface area contributed by atoms with Crippen LogP contribution in [0.2, 0.25) is 5.02 Å². The number of pyridine rings is 1. The van der Waals surface area contributed by atoms with Crippen molar-refractivity contribution < 1.29 is 23.8 Å². The molecule has 240 valence electrons. The van der Waals surface area contributed by atoms with Crippen molar-refractivity contribution in [2.75, 3.05) is 55.4 Å². The summed E-state index contributed by atoms with van der Waals surface area (Å²) in [6.07, 6.45) is 2.31. The van der Waals surface area contributed by atoms with Crippen molar-refractivity contribution in [3.8, 4) is 17.2 Å². The third-order valence-corrected chi connectivity index (χ3v) is 7.03. The summed E-state index contributed by atoms with van der Waals surface area (Å²) in [7, 11) is 5.31. The number of hydrogen-bond donors (Lipinski definition) is 3. The first kappa shape index (κ1) is 33.3. The van der Waals surface area contributed by atoms with E-state index in [4.69, 9.17) is 30.9 Å². The van der Waals surface area contributed by atoms with Gasteiger partial charge in [-0.3, -0.25) is 15.1 Å². The molecule has 45 heavy (non-hydrogen) atoms. The fourth-order valence-corrected chi connectivity index (χ4v) is 4.94. The molecule has 2 aromatic heterocycles. The Morgan fingerprint density at radius 3 is 2.38 bits per heavy atom. The van der Waals surface area contributed by atoms with E-state index < -0.39 is 6.03 Å². The van der Waals surface area contributed by atoms with Crippen molar-refractivity contribution >= 4 is 51.6 Å². The normalized spacial score (nSPS) is 11.3. The Morgan fingerprint density at radius 2 is 1.76 bits per heavy atom. The molecule has 0 radical (unpaired) electrons. The molecule has 0 saturated carbocycles. The zero-order valence-corrected chi connectivity index (χ0v) is 27.6. The zero-order valence-electron chi connectivity index (χ0n) is 26.9. The van der Waals surface area contributed by atoms with E-state index in [0.29, 0.717) is 65.0 Å². The number of nitrogens with zero attached hydrogens (tertiary/aromatic N) is 4. The molecule has 0 aliphatic carbocycles. The summed E-state index contributed by atoms with van der Waals surface area (Å²) in [5.74, 6) is 1.74. The molecule has 3 amide bonds. The van der Waals surface area contributed by atoms with Crippen LogP contribution in [0.5, 0.6) is 17.2 Å². The number of carbonyl (C=O) groups is 2. The van der Waals surface area contributed by atoms with E-state index in [1.807, 2.05) is 21.0 Å². The number of methoxy groups -OCH3 is 1. The van der Waals surface area contributed by atoms with Crippen molar-refractivity contribution in [2.24, 2.45) is 0 Å². The van der Waals surface area contributed by atoms with Gasteiger partial charge in [0, 0.05) is 62.8 Å². The van der Waals surface area contributed by atoms with Gasteiger partial charge in [-0.15, -0.1) is 0 Å². The molecule has 0 bridgehead atoms. The molecule has 0 fully saturated rings. The highest BCUT2D eigenvalue weighted by atomic mass is 35.5. The largest absolute Gasteiger partial charge is 0.489 e. The molecule has 0 aliphatic heterocycles. The van der Waals surface area contributed by atoms with Gasteiger partial charge in [-0.05, 0) is 30.7 Å². The van der Waals surface area contributed by atoms with Crippen LogP contribution < -0.4 is 30.4 Å². The monoisotopic (exact) mass is 637 g/mol. The van der Waals surface area contributed by atoms with E-state index in [0.717, 1.165) is 11.3 Å². The standard InChI is InChI=1S/C32H40ClN7O5/c1-9-21-29(32(3,4)5)38-40(39(6)7)30(21)37-31(42)36-24-11-10-20(16-23(24)33)45-27-12-13-34-25-18-28(44-15-14-43-8)26(17-22(25)27)35-19(2)41/h10-13,16-18H,9,14-15H2,1-8H3,(H,35,41)(H2,36,37,42). The van der Waals surface area contributed by atoms with Crippen molar-refractivity contribution in [1.82, 2.24) is 14.9 Å². The topological polar surface area (TPSA) is 132 Å². The SMILES string of the molecule is CCc1c(C(C)(C)C)nn(N(C)C)c1NC(=O)Nc1ccc(Oc2ccnc3cc(OCCOC)c(NC(C)=O)cc23)cc1Cl. The molecule has 2 aromatic carbocycles. The third-order valence-electron chi connectivity index (χ3n) is 6.72. The number of rotatable bonds is 11. The van der Waals surface area contributed by atoms with E-state index >= 15 is 0 Å². The number of amides is 3. The lowest BCUT2D eigenvalue weighted by atomic mass is 9.88. The number of urea groups is 1. The van der Waals surface area contributed by atoms with Gasteiger partial charge in [0.15, 0.2) is 5.82 Å². The molecular formula is C32H40ClN7O5. The summed E-state index contributed by atoms with van der Waals surface area (Å²) in [5.41, 5.74) is 3.15. The summed E-state index contributed by atoms with van der Waals surface area (Å²) >= 11 is 6.59. The van der Waals surface area contributed by atoms with Gasteiger partial charge < -0.3 is 29.9 Å². The number of nitrogens with one attached hydrogen (secondary N) is 3. The van der Waals surface area contributed by atoms with Gasteiger partial charge in [-0.2, -0.15) is 9.89 Å². The van der Waals surface area contributed by atoms with Gasteiger partial charge in [-0.1, -0.05) is 39.3 Å². The fourth-order valence-electron chi connectivity index (χ4n) is 4.72. The molecule has 0 saturated heterocycles. The summed E-state index contributed by atoms with van der Waals surface area (Å²) in [6.45, 7) is 10.4. The maximum atomic E-state index is 13.2. The number of halogens is 1. The first-order chi connectivity index (χ1) is 21.3. The number of benzene rings is 2. The van der Waals surface area contributed by atoms with Crippen molar-refractivity contribution in [3.05, 3.63) is 58.9 Å². The highest BCUT2D eigenvalue weighted by molar-refractivity contribution is 6.34. The van der Waals surface area contributed by atoms with Gasteiger partial charge in [0.05, 0.1) is 34.2 Å². The van der Waals surface area contributed by atoms with E-state index in [-0.39, 0.29) is 16.3 Å².